The minimum Gasteiger partial charge on any atom is -0.496 e. The number of hydrogen-bond donors (Lipinski definition) is 1. The monoisotopic (exact) mass is 381 g/mol. The van der Waals surface area contributed by atoms with E-state index in [2.05, 4.69) is 5.32 Å². The van der Waals surface area contributed by atoms with E-state index in [9.17, 15) is 14.0 Å². The molecule has 0 heterocycles. The van der Waals surface area contributed by atoms with Gasteiger partial charge < -0.3 is 14.8 Å². The summed E-state index contributed by atoms with van der Waals surface area (Å²) in [5, 5.41) is 4.51. The van der Waals surface area contributed by atoms with E-state index in [1.165, 1.54) is 19.2 Å². The molecule has 0 aliphatic carbocycles. The van der Waals surface area contributed by atoms with E-state index in [-0.39, 0.29) is 17.4 Å². The smallest absolute Gasteiger partial charge is 0.342 e. The molecule has 1 N–H and O–H groups in total. The molecule has 0 radical (unpaired) electrons. The molecule has 3 aromatic rings. The van der Waals surface area contributed by atoms with Crippen LogP contribution in [-0.2, 0) is 9.53 Å². The van der Waals surface area contributed by atoms with Crippen molar-refractivity contribution in [3.8, 4) is 5.75 Å². The van der Waals surface area contributed by atoms with Gasteiger partial charge in [0, 0.05) is 0 Å². The Morgan fingerprint density at radius 1 is 1.04 bits per heavy atom. The summed E-state index contributed by atoms with van der Waals surface area (Å²) in [5.41, 5.74) is 0.998. The van der Waals surface area contributed by atoms with Gasteiger partial charge >= 0.3 is 5.97 Å². The van der Waals surface area contributed by atoms with Gasteiger partial charge in [0.2, 0.25) is 0 Å². The normalized spacial score (nSPS) is 11.7. The van der Waals surface area contributed by atoms with Crippen LogP contribution in [-0.4, -0.2) is 25.6 Å². The highest BCUT2D eigenvalue weighted by molar-refractivity contribution is 5.99. The first-order valence-corrected chi connectivity index (χ1v) is 8.76. The minimum atomic E-state index is -0.646. The van der Waals surface area contributed by atoms with Gasteiger partial charge in [0.25, 0.3) is 5.91 Å². The number of esters is 1. The minimum absolute atomic E-state index is 0.251. The molecule has 0 unspecified atom stereocenters. The average molecular weight is 381 g/mol. The summed E-state index contributed by atoms with van der Waals surface area (Å²) in [6.07, 6.45) is 0. The number of amides is 1. The van der Waals surface area contributed by atoms with Crippen LogP contribution in [0.25, 0.3) is 10.8 Å². The van der Waals surface area contributed by atoms with Crippen LogP contribution in [0.5, 0.6) is 5.75 Å². The molecule has 144 valence electrons. The lowest BCUT2D eigenvalue weighted by molar-refractivity contribution is -0.124. The fraction of sp³-hybridized carbons (Fsp3) is 0.182. The number of halogens is 1. The summed E-state index contributed by atoms with van der Waals surface area (Å²) in [5.74, 6) is -1.07. The molecule has 28 heavy (non-hydrogen) atoms. The van der Waals surface area contributed by atoms with Crippen LogP contribution in [0.3, 0.4) is 0 Å². The zero-order valence-corrected chi connectivity index (χ0v) is 15.6. The summed E-state index contributed by atoms with van der Waals surface area (Å²) in [6, 6.07) is 16.5. The lowest BCUT2D eigenvalue weighted by Gasteiger charge is -2.15. The van der Waals surface area contributed by atoms with Crippen molar-refractivity contribution >= 4 is 22.6 Å². The van der Waals surface area contributed by atoms with E-state index in [0.29, 0.717) is 5.75 Å². The Bertz CT molecular complexity index is 1000. The Hall–Kier alpha value is -3.41. The second-order valence-corrected chi connectivity index (χ2v) is 6.32. The molecule has 0 aromatic heterocycles. The van der Waals surface area contributed by atoms with Crippen molar-refractivity contribution in [1.29, 1.82) is 0 Å². The summed E-state index contributed by atoms with van der Waals surface area (Å²) in [6.45, 7) is 1.33. The molecule has 0 saturated heterocycles. The number of carbonyl (C=O) groups excluding carboxylic acids is 2. The summed E-state index contributed by atoms with van der Waals surface area (Å²) in [7, 11) is 1.47. The van der Waals surface area contributed by atoms with Gasteiger partial charge in [-0.25, -0.2) is 9.18 Å². The molecular weight excluding hydrogens is 361 g/mol. The van der Waals surface area contributed by atoms with Crippen LogP contribution >= 0.6 is 0 Å². The van der Waals surface area contributed by atoms with E-state index in [1.807, 2.05) is 24.3 Å². The van der Waals surface area contributed by atoms with Crippen molar-refractivity contribution in [3.63, 3.8) is 0 Å². The van der Waals surface area contributed by atoms with Crippen molar-refractivity contribution in [2.24, 2.45) is 0 Å². The second-order valence-electron chi connectivity index (χ2n) is 6.32. The predicted octanol–water partition coefficient (Wildman–Crippen LogP) is 4.02. The molecule has 0 saturated carbocycles. The predicted molar refractivity (Wildman–Crippen MR) is 104 cm³/mol. The number of rotatable bonds is 6. The lowest BCUT2D eigenvalue weighted by Crippen LogP contribution is -2.31. The van der Waals surface area contributed by atoms with E-state index in [0.717, 1.165) is 16.3 Å². The number of methoxy groups -OCH3 is 1. The van der Waals surface area contributed by atoms with E-state index in [4.69, 9.17) is 9.47 Å². The number of benzene rings is 3. The first kappa shape index (κ1) is 19.4. The van der Waals surface area contributed by atoms with Crippen LogP contribution in [0.2, 0.25) is 0 Å². The first-order valence-electron chi connectivity index (χ1n) is 8.76. The highest BCUT2D eigenvalue weighted by atomic mass is 19.1. The van der Waals surface area contributed by atoms with Crippen molar-refractivity contribution in [1.82, 2.24) is 5.32 Å². The van der Waals surface area contributed by atoms with E-state index < -0.39 is 18.5 Å². The van der Waals surface area contributed by atoms with Crippen LogP contribution in [0.15, 0.2) is 60.7 Å². The van der Waals surface area contributed by atoms with Crippen molar-refractivity contribution in [3.05, 3.63) is 77.6 Å². The topological polar surface area (TPSA) is 64.6 Å². The van der Waals surface area contributed by atoms with Crippen LogP contribution in [0, 0.1) is 5.82 Å². The highest BCUT2D eigenvalue weighted by Crippen LogP contribution is 2.26. The lowest BCUT2D eigenvalue weighted by atomic mass is 10.1. The van der Waals surface area contributed by atoms with E-state index >= 15 is 0 Å². The Morgan fingerprint density at radius 2 is 1.68 bits per heavy atom. The van der Waals surface area contributed by atoms with Crippen molar-refractivity contribution in [2.45, 2.75) is 13.0 Å². The molecule has 1 atom stereocenters. The molecule has 3 rings (SSSR count). The summed E-state index contributed by atoms with van der Waals surface area (Å²) >= 11 is 0. The van der Waals surface area contributed by atoms with Gasteiger partial charge in [-0.3, -0.25) is 4.79 Å². The molecular formula is C22H20FNO4. The van der Waals surface area contributed by atoms with Crippen LogP contribution in [0.4, 0.5) is 4.39 Å². The maximum atomic E-state index is 13.0. The van der Waals surface area contributed by atoms with Gasteiger partial charge in [-0.15, -0.1) is 0 Å². The Morgan fingerprint density at radius 3 is 2.32 bits per heavy atom. The fourth-order valence-corrected chi connectivity index (χ4v) is 2.87. The Balaban J connectivity index is 1.64. The third-order valence-corrected chi connectivity index (χ3v) is 4.37. The van der Waals surface area contributed by atoms with Gasteiger partial charge in [0.05, 0.1) is 13.2 Å². The van der Waals surface area contributed by atoms with Crippen LogP contribution in [0.1, 0.15) is 28.9 Å². The van der Waals surface area contributed by atoms with E-state index in [1.54, 1.807) is 31.2 Å². The highest BCUT2D eigenvalue weighted by Gasteiger charge is 2.17. The number of nitrogens with one attached hydrogen (secondary N) is 1. The standard InChI is InChI=1S/C22H20FNO4/c1-14(15-7-9-18(23)10-8-15)24-21(25)13-28-22(26)19-11-16-5-3-4-6-17(16)12-20(19)27-2/h3-12,14H,13H2,1-2H3,(H,24,25)/t14-/m0/s1. The van der Waals surface area contributed by atoms with Gasteiger partial charge in [0.15, 0.2) is 6.61 Å². The molecule has 3 aromatic carbocycles. The molecule has 1 amide bonds. The maximum Gasteiger partial charge on any atom is 0.342 e. The zero-order valence-electron chi connectivity index (χ0n) is 15.6. The number of carbonyl (C=O) groups is 2. The second kappa shape index (κ2) is 8.52. The van der Waals surface area contributed by atoms with Crippen molar-refractivity contribution < 1.29 is 23.5 Å². The number of hydrogen-bond acceptors (Lipinski definition) is 4. The SMILES string of the molecule is COc1cc2ccccc2cc1C(=O)OCC(=O)N[C@@H](C)c1ccc(F)cc1. The quantitative estimate of drug-likeness (QED) is 0.655. The van der Waals surface area contributed by atoms with Gasteiger partial charge in [0.1, 0.15) is 17.1 Å². The zero-order chi connectivity index (χ0) is 20.1. The maximum absolute atomic E-state index is 13.0. The molecule has 0 aliphatic rings. The first-order chi connectivity index (χ1) is 13.5. The summed E-state index contributed by atoms with van der Waals surface area (Å²) in [4.78, 5) is 24.5. The third kappa shape index (κ3) is 4.46. The molecule has 5 nitrogen and oxygen atoms in total. The van der Waals surface area contributed by atoms with Gasteiger partial charge in [-0.1, -0.05) is 36.4 Å². The van der Waals surface area contributed by atoms with Gasteiger partial charge in [-0.2, -0.15) is 0 Å². The largest absolute Gasteiger partial charge is 0.496 e. The Labute approximate surface area is 162 Å². The number of ether oxygens (including phenoxy) is 2. The molecule has 0 aliphatic heterocycles. The number of fused-ring (bicyclic) bond motifs is 1. The van der Waals surface area contributed by atoms with Gasteiger partial charge in [-0.05, 0) is 47.5 Å². The molecule has 0 spiro atoms. The Kier molecular flexibility index (Phi) is 5.89. The molecule has 0 fully saturated rings. The molecule has 0 bridgehead atoms. The average Bonchev–Trinajstić information content (AvgIpc) is 2.71. The fourth-order valence-electron chi connectivity index (χ4n) is 2.87. The summed E-state index contributed by atoms with van der Waals surface area (Å²) < 4.78 is 23.4. The van der Waals surface area contributed by atoms with Crippen LogP contribution < -0.4 is 10.1 Å². The third-order valence-electron chi connectivity index (χ3n) is 4.37. The molecule has 6 heteroatoms. The van der Waals surface area contributed by atoms with Crippen molar-refractivity contribution in [2.75, 3.05) is 13.7 Å².